The molecule has 0 heterocycles. The van der Waals surface area contributed by atoms with E-state index >= 15 is 0 Å². The van der Waals surface area contributed by atoms with Gasteiger partial charge in [0.15, 0.2) is 0 Å². The molecule has 3 aromatic carbocycles. The predicted molar refractivity (Wildman–Crippen MR) is 125 cm³/mol. The molecule has 3 aromatic rings. The van der Waals surface area contributed by atoms with Gasteiger partial charge in [0.25, 0.3) is 0 Å². The number of halogens is 1. The Kier molecular flexibility index (Phi) is 7.77. The van der Waals surface area contributed by atoms with Gasteiger partial charge in [0, 0.05) is 16.3 Å². The fourth-order valence-electron chi connectivity index (χ4n) is 2.76. The van der Waals surface area contributed by atoms with Gasteiger partial charge >= 0.3 is 17.8 Å². The number of hydrogen-bond donors (Lipinski definition) is 2. The molecule has 8 nitrogen and oxygen atoms in total. The number of ether oxygens (including phenoxy) is 2. The number of methoxy groups -OCH3 is 1. The van der Waals surface area contributed by atoms with Crippen molar-refractivity contribution in [3.05, 3.63) is 88.9 Å². The number of carbonyl (C=O) groups excluding carboxylic acids is 3. The van der Waals surface area contributed by atoms with Gasteiger partial charge in [-0.15, -0.1) is 0 Å². The standard InChI is InChI=1S/C24H20ClN3O5/c1-15(27-28-23(30)22(29)26-18-9-6-8-17(25)14-18)20-11-3-4-12-21(20)33-24(31)16-7-5-10-19(13-16)32-2/h3-14H,1-2H3,(H,26,29)(H,28,30). The molecule has 0 fully saturated rings. The summed E-state index contributed by atoms with van der Waals surface area (Å²) < 4.78 is 10.6. The average molecular weight is 466 g/mol. The van der Waals surface area contributed by atoms with Gasteiger partial charge in [0.1, 0.15) is 11.5 Å². The Morgan fingerprint density at radius 3 is 2.42 bits per heavy atom. The van der Waals surface area contributed by atoms with Crippen molar-refractivity contribution in [3.8, 4) is 11.5 Å². The summed E-state index contributed by atoms with van der Waals surface area (Å²) in [7, 11) is 1.50. The zero-order valence-electron chi connectivity index (χ0n) is 17.8. The Bertz CT molecular complexity index is 1230. The lowest BCUT2D eigenvalue weighted by Gasteiger charge is -2.10. The summed E-state index contributed by atoms with van der Waals surface area (Å²) in [6.07, 6.45) is 0. The maximum Gasteiger partial charge on any atom is 0.343 e. The van der Waals surface area contributed by atoms with Crippen LogP contribution in [0.3, 0.4) is 0 Å². The van der Waals surface area contributed by atoms with Crippen molar-refractivity contribution in [2.75, 3.05) is 12.4 Å². The Morgan fingerprint density at radius 1 is 0.909 bits per heavy atom. The number of nitrogens with zero attached hydrogens (tertiary/aromatic N) is 1. The van der Waals surface area contributed by atoms with Crippen LogP contribution in [0, 0.1) is 0 Å². The molecule has 0 saturated heterocycles. The van der Waals surface area contributed by atoms with Crippen LogP contribution in [0.1, 0.15) is 22.8 Å². The third kappa shape index (κ3) is 6.41. The van der Waals surface area contributed by atoms with Crippen LogP contribution in [0.4, 0.5) is 5.69 Å². The number of anilines is 1. The van der Waals surface area contributed by atoms with Crippen molar-refractivity contribution in [2.24, 2.45) is 5.10 Å². The van der Waals surface area contributed by atoms with Gasteiger partial charge in [-0.05, 0) is 55.5 Å². The van der Waals surface area contributed by atoms with Gasteiger partial charge in [0.2, 0.25) is 0 Å². The highest BCUT2D eigenvalue weighted by atomic mass is 35.5. The Hall–Kier alpha value is -4.17. The number of hydrogen-bond acceptors (Lipinski definition) is 6. The molecular weight excluding hydrogens is 446 g/mol. The third-order valence-corrected chi connectivity index (χ3v) is 4.63. The first kappa shape index (κ1) is 23.5. The molecule has 0 aliphatic heterocycles. The SMILES string of the molecule is COc1cccc(C(=O)Oc2ccccc2C(C)=NNC(=O)C(=O)Nc2cccc(Cl)c2)c1. The molecule has 0 aromatic heterocycles. The number of hydrazone groups is 1. The van der Waals surface area contributed by atoms with E-state index in [-0.39, 0.29) is 5.75 Å². The molecule has 2 amide bonds. The third-order valence-electron chi connectivity index (χ3n) is 4.40. The van der Waals surface area contributed by atoms with Gasteiger partial charge in [-0.1, -0.05) is 35.9 Å². The first-order chi connectivity index (χ1) is 15.9. The molecular formula is C24H20ClN3O5. The molecule has 0 aliphatic rings. The van der Waals surface area contributed by atoms with Crippen LogP contribution in [-0.2, 0) is 9.59 Å². The average Bonchev–Trinajstić information content (AvgIpc) is 2.82. The molecule has 0 aliphatic carbocycles. The maximum atomic E-state index is 12.6. The van der Waals surface area contributed by atoms with E-state index in [9.17, 15) is 14.4 Å². The number of amides is 2. The summed E-state index contributed by atoms with van der Waals surface area (Å²) in [6.45, 7) is 1.60. The summed E-state index contributed by atoms with van der Waals surface area (Å²) in [6, 6.07) is 19.6. The smallest absolute Gasteiger partial charge is 0.343 e. The molecule has 168 valence electrons. The number of carbonyl (C=O) groups is 3. The fourth-order valence-corrected chi connectivity index (χ4v) is 2.95. The minimum atomic E-state index is -0.972. The highest BCUT2D eigenvalue weighted by molar-refractivity contribution is 6.40. The van der Waals surface area contributed by atoms with Crippen LogP contribution >= 0.6 is 11.6 Å². The van der Waals surface area contributed by atoms with E-state index in [2.05, 4.69) is 15.8 Å². The first-order valence-electron chi connectivity index (χ1n) is 9.74. The van der Waals surface area contributed by atoms with E-state index in [0.29, 0.717) is 33.3 Å². The van der Waals surface area contributed by atoms with E-state index in [1.165, 1.54) is 13.2 Å². The summed E-state index contributed by atoms with van der Waals surface area (Å²) in [5.41, 5.74) is 3.66. The molecule has 33 heavy (non-hydrogen) atoms. The lowest BCUT2D eigenvalue weighted by atomic mass is 10.1. The summed E-state index contributed by atoms with van der Waals surface area (Å²) >= 11 is 5.87. The van der Waals surface area contributed by atoms with Crippen LogP contribution in [-0.4, -0.2) is 30.6 Å². The van der Waals surface area contributed by atoms with E-state index < -0.39 is 17.8 Å². The van der Waals surface area contributed by atoms with Crippen molar-refractivity contribution in [1.82, 2.24) is 5.43 Å². The molecule has 0 radical (unpaired) electrons. The number of rotatable bonds is 6. The minimum Gasteiger partial charge on any atom is -0.497 e. The van der Waals surface area contributed by atoms with Crippen molar-refractivity contribution in [3.63, 3.8) is 0 Å². The molecule has 9 heteroatoms. The van der Waals surface area contributed by atoms with Crippen LogP contribution in [0.5, 0.6) is 11.5 Å². The quantitative estimate of drug-likeness (QED) is 0.188. The molecule has 0 spiro atoms. The Labute approximate surface area is 195 Å². The number of para-hydroxylation sites is 1. The van der Waals surface area contributed by atoms with E-state index in [0.717, 1.165) is 0 Å². The van der Waals surface area contributed by atoms with Gasteiger partial charge in [-0.3, -0.25) is 9.59 Å². The van der Waals surface area contributed by atoms with Gasteiger partial charge < -0.3 is 14.8 Å². The largest absolute Gasteiger partial charge is 0.497 e. The zero-order chi connectivity index (χ0) is 23.8. The Balaban J connectivity index is 1.69. The second-order valence-corrected chi connectivity index (χ2v) is 7.16. The normalized spacial score (nSPS) is 10.8. The highest BCUT2D eigenvalue weighted by Crippen LogP contribution is 2.21. The van der Waals surface area contributed by atoms with Gasteiger partial charge in [0.05, 0.1) is 18.4 Å². The van der Waals surface area contributed by atoms with Crippen LogP contribution in [0.25, 0.3) is 0 Å². The van der Waals surface area contributed by atoms with Crippen molar-refractivity contribution in [2.45, 2.75) is 6.92 Å². The second-order valence-electron chi connectivity index (χ2n) is 6.72. The van der Waals surface area contributed by atoms with E-state index in [1.54, 1.807) is 73.7 Å². The lowest BCUT2D eigenvalue weighted by Crippen LogP contribution is -2.33. The molecule has 0 bridgehead atoms. The van der Waals surface area contributed by atoms with Crippen molar-refractivity contribution < 1.29 is 23.9 Å². The van der Waals surface area contributed by atoms with Gasteiger partial charge in [-0.2, -0.15) is 5.10 Å². The van der Waals surface area contributed by atoms with Gasteiger partial charge in [-0.25, -0.2) is 10.2 Å². The first-order valence-corrected chi connectivity index (χ1v) is 10.1. The van der Waals surface area contributed by atoms with Crippen LogP contribution in [0.15, 0.2) is 77.9 Å². The number of nitrogens with one attached hydrogen (secondary N) is 2. The zero-order valence-corrected chi connectivity index (χ0v) is 18.6. The van der Waals surface area contributed by atoms with Crippen molar-refractivity contribution >= 4 is 40.8 Å². The molecule has 0 unspecified atom stereocenters. The number of benzene rings is 3. The minimum absolute atomic E-state index is 0.240. The highest BCUT2D eigenvalue weighted by Gasteiger charge is 2.16. The summed E-state index contributed by atoms with van der Waals surface area (Å²) in [5.74, 6) is -1.70. The molecule has 2 N–H and O–H groups in total. The van der Waals surface area contributed by atoms with E-state index in [4.69, 9.17) is 21.1 Å². The van der Waals surface area contributed by atoms with Crippen LogP contribution < -0.4 is 20.2 Å². The maximum absolute atomic E-state index is 12.6. The second kappa shape index (κ2) is 10.9. The fraction of sp³-hybridized carbons (Fsp3) is 0.0833. The summed E-state index contributed by atoms with van der Waals surface area (Å²) in [4.78, 5) is 36.8. The van der Waals surface area contributed by atoms with Crippen molar-refractivity contribution in [1.29, 1.82) is 0 Å². The molecule has 0 atom stereocenters. The van der Waals surface area contributed by atoms with Crippen LogP contribution in [0.2, 0.25) is 5.02 Å². The van der Waals surface area contributed by atoms with E-state index in [1.807, 2.05) is 0 Å². The molecule has 3 rings (SSSR count). The predicted octanol–water partition coefficient (Wildman–Crippen LogP) is 4.05. The topological polar surface area (TPSA) is 106 Å². The molecule has 0 saturated carbocycles. The Morgan fingerprint density at radius 2 is 1.67 bits per heavy atom. The monoisotopic (exact) mass is 465 g/mol. The number of esters is 1. The lowest BCUT2D eigenvalue weighted by molar-refractivity contribution is -0.136. The summed E-state index contributed by atoms with van der Waals surface area (Å²) in [5, 5.41) is 6.81.